The molecule has 0 bridgehead atoms. The van der Waals surface area contributed by atoms with Gasteiger partial charge in [0.15, 0.2) is 0 Å². The van der Waals surface area contributed by atoms with Crippen molar-refractivity contribution in [2.75, 3.05) is 12.3 Å². The first kappa shape index (κ1) is 24.0. The van der Waals surface area contributed by atoms with Crippen LogP contribution in [0.5, 0.6) is 0 Å². The Morgan fingerprint density at radius 3 is 2.42 bits per heavy atom. The molecule has 2 amide bonds. The van der Waals surface area contributed by atoms with Crippen LogP contribution in [0.25, 0.3) is 11.1 Å². The van der Waals surface area contributed by atoms with Gasteiger partial charge in [0.25, 0.3) is 0 Å². The summed E-state index contributed by atoms with van der Waals surface area (Å²) in [4.78, 5) is 32.0. The lowest BCUT2D eigenvalue weighted by Crippen LogP contribution is -2.59. The monoisotopic (exact) mass is 482 g/mol. The van der Waals surface area contributed by atoms with Crippen LogP contribution in [0.2, 0.25) is 0 Å². The number of nitrogen functional groups attached to an aromatic ring is 1. The second-order valence-corrected chi connectivity index (χ2v) is 10.2. The first-order valence-electron chi connectivity index (χ1n) is 12.9. The molecule has 2 aliphatic rings. The number of rotatable bonds is 7. The minimum Gasteiger partial charge on any atom is -0.384 e. The smallest absolute Gasteiger partial charge is 0.243 e. The summed E-state index contributed by atoms with van der Waals surface area (Å²) in [5.41, 5.74) is 11.2. The highest BCUT2D eigenvalue weighted by molar-refractivity contribution is 5.90. The van der Waals surface area contributed by atoms with Crippen molar-refractivity contribution in [2.24, 2.45) is 11.8 Å². The van der Waals surface area contributed by atoms with Crippen LogP contribution in [-0.4, -0.2) is 34.3 Å². The highest BCUT2D eigenvalue weighted by atomic mass is 16.2. The maximum absolute atomic E-state index is 13.2. The van der Waals surface area contributed by atoms with Crippen LogP contribution >= 0.6 is 0 Å². The van der Waals surface area contributed by atoms with Crippen molar-refractivity contribution < 1.29 is 9.59 Å². The lowest BCUT2D eigenvalue weighted by atomic mass is 9.93. The van der Waals surface area contributed by atoms with E-state index in [-0.39, 0.29) is 23.8 Å². The van der Waals surface area contributed by atoms with Crippen molar-refractivity contribution in [2.45, 2.75) is 51.6 Å². The zero-order valence-electron chi connectivity index (χ0n) is 20.8. The van der Waals surface area contributed by atoms with Gasteiger partial charge in [-0.15, -0.1) is 0 Å². The molecule has 2 fully saturated rings. The molecule has 3 aromatic rings. The lowest BCUT2D eigenvalue weighted by molar-refractivity contribution is -0.150. The number of nitrogens with two attached hydrogens (primary N) is 1. The number of amides is 2. The number of benzene rings is 2. The SMILES string of the molecule is Cc1nc(N)ccc1CNC(=O)[C@@H]1CCN1C(=O)[C@@H]1CC[C@@H](Cc2ccc(-c3ccccc3)cc2)C1. The third-order valence-corrected chi connectivity index (χ3v) is 7.75. The Balaban J connectivity index is 1.11. The van der Waals surface area contributed by atoms with Crippen LogP contribution in [0.15, 0.2) is 66.7 Å². The molecule has 0 unspecified atom stereocenters. The number of pyridine rings is 1. The van der Waals surface area contributed by atoms with Crippen LogP contribution in [0.3, 0.4) is 0 Å². The number of carbonyl (C=O) groups is 2. The van der Waals surface area contributed by atoms with Gasteiger partial charge >= 0.3 is 0 Å². The van der Waals surface area contributed by atoms with Crippen LogP contribution in [0.4, 0.5) is 5.82 Å². The number of nitrogens with zero attached hydrogens (tertiary/aromatic N) is 2. The number of nitrogens with one attached hydrogen (secondary N) is 1. The average Bonchev–Trinajstić information content (AvgIpc) is 3.32. The number of aryl methyl sites for hydroxylation is 1. The van der Waals surface area contributed by atoms with Gasteiger partial charge < -0.3 is 16.0 Å². The van der Waals surface area contributed by atoms with Gasteiger partial charge in [-0.3, -0.25) is 9.59 Å². The molecule has 36 heavy (non-hydrogen) atoms. The Labute approximate surface area is 212 Å². The minimum absolute atomic E-state index is 0.0257. The molecule has 2 heterocycles. The minimum atomic E-state index is -0.357. The summed E-state index contributed by atoms with van der Waals surface area (Å²) in [6.45, 7) is 2.94. The third-order valence-electron chi connectivity index (χ3n) is 7.75. The Hall–Kier alpha value is -3.67. The molecule has 0 radical (unpaired) electrons. The van der Waals surface area contributed by atoms with Crippen molar-refractivity contribution in [3.63, 3.8) is 0 Å². The summed E-state index contributed by atoms with van der Waals surface area (Å²) in [5, 5.41) is 2.98. The van der Waals surface area contributed by atoms with Gasteiger partial charge in [-0.1, -0.05) is 60.7 Å². The summed E-state index contributed by atoms with van der Waals surface area (Å²) in [7, 11) is 0. The van der Waals surface area contributed by atoms with Crippen molar-refractivity contribution >= 4 is 17.6 Å². The van der Waals surface area contributed by atoms with Gasteiger partial charge in [-0.05, 0) is 73.3 Å². The van der Waals surface area contributed by atoms with E-state index in [1.807, 2.05) is 19.1 Å². The summed E-state index contributed by atoms with van der Waals surface area (Å²) in [6, 6.07) is 22.5. The molecule has 186 valence electrons. The van der Waals surface area contributed by atoms with E-state index in [0.717, 1.165) is 43.4 Å². The van der Waals surface area contributed by atoms with E-state index in [9.17, 15) is 9.59 Å². The molecule has 1 aromatic heterocycles. The van der Waals surface area contributed by atoms with E-state index in [0.29, 0.717) is 24.8 Å². The molecule has 3 atom stereocenters. The van der Waals surface area contributed by atoms with Gasteiger partial charge in [0.2, 0.25) is 11.8 Å². The Morgan fingerprint density at radius 1 is 0.972 bits per heavy atom. The molecule has 1 saturated carbocycles. The van der Waals surface area contributed by atoms with Gasteiger partial charge in [0, 0.05) is 24.7 Å². The summed E-state index contributed by atoms with van der Waals surface area (Å²) < 4.78 is 0. The first-order valence-corrected chi connectivity index (χ1v) is 12.9. The molecule has 3 N–H and O–H groups in total. The number of hydrogen-bond donors (Lipinski definition) is 2. The zero-order valence-corrected chi connectivity index (χ0v) is 20.8. The first-order chi connectivity index (χ1) is 17.5. The standard InChI is InChI=1S/C30H34N4O2/c1-20-26(13-14-28(31)33-20)19-32-29(35)27-15-16-34(27)30(36)25-12-9-22(18-25)17-21-7-10-24(11-8-21)23-5-3-2-4-6-23/h2-8,10-11,13-14,22,25,27H,9,12,15-19H2,1H3,(H2,31,33)(H,32,35)/t22-,25+,27-/m0/s1. The van der Waals surface area contributed by atoms with Gasteiger partial charge in [-0.25, -0.2) is 4.98 Å². The number of aromatic nitrogens is 1. The molecular formula is C30H34N4O2. The fourth-order valence-electron chi connectivity index (χ4n) is 5.54. The summed E-state index contributed by atoms with van der Waals surface area (Å²) in [5.74, 6) is 1.07. The number of hydrogen-bond acceptors (Lipinski definition) is 4. The maximum atomic E-state index is 13.2. The molecule has 2 aromatic carbocycles. The molecule has 6 heteroatoms. The highest BCUT2D eigenvalue weighted by Crippen LogP contribution is 2.36. The van der Waals surface area contributed by atoms with Crippen molar-refractivity contribution in [3.05, 3.63) is 83.6 Å². The van der Waals surface area contributed by atoms with Crippen LogP contribution in [0, 0.1) is 18.8 Å². The molecule has 1 aliphatic carbocycles. The molecule has 5 rings (SSSR count). The van der Waals surface area contributed by atoms with Crippen molar-refractivity contribution in [1.82, 2.24) is 15.2 Å². The maximum Gasteiger partial charge on any atom is 0.243 e. The van der Waals surface area contributed by atoms with Gasteiger partial charge in [-0.2, -0.15) is 0 Å². The Kier molecular flexibility index (Phi) is 7.03. The quantitative estimate of drug-likeness (QED) is 0.518. The topological polar surface area (TPSA) is 88.3 Å². The molecular weight excluding hydrogens is 448 g/mol. The summed E-state index contributed by atoms with van der Waals surface area (Å²) in [6.07, 6.45) is 4.59. The molecule has 6 nitrogen and oxygen atoms in total. The second kappa shape index (κ2) is 10.5. The largest absolute Gasteiger partial charge is 0.384 e. The van der Waals surface area contributed by atoms with E-state index < -0.39 is 0 Å². The predicted octanol–water partition coefficient (Wildman–Crippen LogP) is 4.52. The Bertz CT molecular complexity index is 1230. The predicted molar refractivity (Wildman–Crippen MR) is 142 cm³/mol. The van der Waals surface area contributed by atoms with E-state index in [1.54, 1.807) is 11.0 Å². The molecule has 1 aliphatic heterocycles. The number of likely N-dealkylation sites (tertiary alicyclic amines) is 1. The number of carbonyl (C=O) groups excluding carboxylic acids is 2. The molecule has 1 saturated heterocycles. The fraction of sp³-hybridized carbons (Fsp3) is 0.367. The number of anilines is 1. The van der Waals surface area contributed by atoms with Crippen molar-refractivity contribution in [1.29, 1.82) is 0 Å². The fourth-order valence-corrected chi connectivity index (χ4v) is 5.54. The van der Waals surface area contributed by atoms with Crippen LogP contribution < -0.4 is 11.1 Å². The normalized spacial score (nSPS) is 21.1. The highest BCUT2D eigenvalue weighted by Gasteiger charge is 2.42. The van der Waals surface area contributed by atoms with Crippen LogP contribution in [0.1, 0.15) is 42.5 Å². The zero-order chi connectivity index (χ0) is 25.1. The average molecular weight is 483 g/mol. The van der Waals surface area contributed by atoms with E-state index in [2.05, 4.69) is 58.8 Å². The summed E-state index contributed by atoms with van der Waals surface area (Å²) >= 11 is 0. The van der Waals surface area contributed by atoms with E-state index in [1.165, 1.54) is 16.7 Å². The second-order valence-electron chi connectivity index (χ2n) is 10.2. The van der Waals surface area contributed by atoms with Gasteiger partial charge in [0.05, 0.1) is 0 Å². The third kappa shape index (κ3) is 5.27. The molecule has 0 spiro atoms. The van der Waals surface area contributed by atoms with Crippen LogP contribution in [-0.2, 0) is 22.6 Å². The van der Waals surface area contributed by atoms with Gasteiger partial charge in [0.1, 0.15) is 11.9 Å². The lowest BCUT2D eigenvalue weighted by Gasteiger charge is -2.41. The Morgan fingerprint density at radius 2 is 1.72 bits per heavy atom. The van der Waals surface area contributed by atoms with Crippen molar-refractivity contribution in [3.8, 4) is 11.1 Å². The van der Waals surface area contributed by atoms with E-state index >= 15 is 0 Å². The van der Waals surface area contributed by atoms with E-state index in [4.69, 9.17) is 5.73 Å².